The summed E-state index contributed by atoms with van der Waals surface area (Å²) >= 11 is 0. The van der Waals surface area contributed by atoms with Gasteiger partial charge in [0, 0.05) is 0 Å². The summed E-state index contributed by atoms with van der Waals surface area (Å²) in [7, 11) is 0. The number of hydrogen-bond donors (Lipinski definition) is 0. The zero-order chi connectivity index (χ0) is 10.9. The van der Waals surface area contributed by atoms with Gasteiger partial charge in [0.1, 0.15) is 5.75 Å². The average molecular weight is 206 g/mol. The number of para-hydroxylation sites is 1. The predicted molar refractivity (Wildman–Crippen MR) is 65.2 cm³/mol. The van der Waals surface area contributed by atoms with Crippen molar-refractivity contribution in [1.29, 1.82) is 0 Å². The Hall–Kier alpha value is -0.980. The lowest BCUT2D eigenvalue weighted by molar-refractivity contribution is 0.233. The van der Waals surface area contributed by atoms with Gasteiger partial charge in [0.2, 0.25) is 0 Å². The molecule has 0 radical (unpaired) electrons. The first kappa shape index (κ1) is 12.1. The Morgan fingerprint density at radius 2 is 1.87 bits per heavy atom. The minimum Gasteiger partial charge on any atom is -0.493 e. The minimum absolute atomic E-state index is 0.713. The van der Waals surface area contributed by atoms with Gasteiger partial charge in [-0.1, -0.05) is 51.3 Å². The third-order valence-electron chi connectivity index (χ3n) is 2.77. The highest BCUT2D eigenvalue weighted by Gasteiger charge is 2.06. The molecule has 0 spiro atoms. The van der Waals surface area contributed by atoms with Crippen LogP contribution in [-0.2, 0) is 0 Å². The summed E-state index contributed by atoms with van der Waals surface area (Å²) in [4.78, 5) is 0. The lowest BCUT2D eigenvalue weighted by Crippen LogP contribution is -2.11. The molecule has 0 aliphatic carbocycles. The van der Waals surface area contributed by atoms with Crippen molar-refractivity contribution in [2.75, 3.05) is 6.61 Å². The number of rotatable bonds is 7. The monoisotopic (exact) mass is 206 g/mol. The van der Waals surface area contributed by atoms with E-state index >= 15 is 0 Å². The number of hydrogen-bond acceptors (Lipinski definition) is 1. The van der Waals surface area contributed by atoms with E-state index in [4.69, 9.17) is 4.74 Å². The molecule has 0 bridgehead atoms. The molecule has 84 valence electrons. The zero-order valence-corrected chi connectivity index (χ0v) is 9.91. The Labute approximate surface area is 93.5 Å². The SMILES string of the molecule is CCCC[C@H](CC)COc1ccccc1. The summed E-state index contributed by atoms with van der Waals surface area (Å²) in [6.07, 6.45) is 5.10. The van der Waals surface area contributed by atoms with Crippen molar-refractivity contribution >= 4 is 0 Å². The molecule has 0 aromatic heterocycles. The summed E-state index contributed by atoms with van der Waals surface area (Å²) in [6, 6.07) is 10.1. The normalized spacial score (nSPS) is 12.4. The third-order valence-corrected chi connectivity index (χ3v) is 2.77. The van der Waals surface area contributed by atoms with Crippen LogP contribution in [0.2, 0.25) is 0 Å². The summed E-state index contributed by atoms with van der Waals surface area (Å²) in [5.41, 5.74) is 0. The van der Waals surface area contributed by atoms with Crippen molar-refractivity contribution in [3.05, 3.63) is 30.3 Å². The predicted octanol–water partition coefficient (Wildman–Crippen LogP) is 4.28. The van der Waals surface area contributed by atoms with Gasteiger partial charge in [-0.2, -0.15) is 0 Å². The Balaban J connectivity index is 2.28. The van der Waals surface area contributed by atoms with Crippen LogP contribution in [0.1, 0.15) is 39.5 Å². The lowest BCUT2D eigenvalue weighted by Gasteiger charge is -2.15. The minimum atomic E-state index is 0.713. The molecule has 1 atom stereocenters. The van der Waals surface area contributed by atoms with E-state index in [1.807, 2.05) is 30.3 Å². The number of benzene rings is 1. The van der Waals surface area contributed by atoms with Crippen molar-refractivity contribution in [3.8, 4) is 5.75 Å². The Morgan fingerprint density at radius 3 is 2.47 bits per heavy atom. The highest BCUT2D eigenvalue weighted by atomic mass is 16.5. The van der Waals surface area contributed by atoms with Crippen LogP contribution in [-0.4, -0.2) is 6.61 Å². The molecule has 0 aliphatic heterocycles. The van der Waals surface area contributed by atoms with Gasteiger partial charge < -0.3 is 4.74 Å². The van der Waals surface area contributed by atoms with E-state index < -0.39 is 0 Å². The van der Waals surface area contributed by atoms with Gasteiger partial charge in [0.05, 0.1) is 6.61 Å². The van der Waals surface area contributed by atoms with Crippen molar-refractivity contribution < 1.29 is 4.74 Å². The quantitative estimate of drug-likeness (QED) is 0.647. The van der Waals surface area contributed by atoms with Crippen molar-refractivity contribution in [2.24, 2.45) is 5.92 Å². The van der Waals surface area contributed by atoms with E-state index in [0.29, 0.717) is 5.92 Å². The first-order valence-electron chi connectivity index (χ1n) is 6.04. The molecule has 0 unspecified atom stereocenters. The molecule has 1 rings (SSSR count). The average Bonchev–Trinajstić information content (AvgIpc) is 2.31. The molecule has 1 nitrogen and oxygen atoms in total. The third kappa shape index (κ3) is 4.87. The van der Waals surface area contributed by atoms with Crippen LogP contribution in [0.3, 0.4) is 0 Å². The molecule has 0 aliphatic rings. The summed E-state index contributed by atoms with van der Waals surface area (Å²) in [5.74, 6) is 1.71. The maximum atomic E-state index is 5.76. The van der Waals surface area contributed by atoms with E-state index in [-0.39, 0.29) is 0 Å². The van der Waals surface area contributed by atoms with Crippen LogP contribution in [0.5, 0.6) is 5.75 Å². The standard InChI is InChI=1S/C14H22O/c1-3-5-9-13(4-2)12-15-14-10-7-6-8-11-14/h6-8,10-11,13H,3-5,9,12H2,1-2H3/t13-/m0/s1. The molecular weight excluding hydrogens is 184 g/mol. The molecule has 0 fully saturated rings. The van der Waals surface area contributed by atoms with Crippen molar-refractivity contribution in [2.45, 2.75) is 39.5 Å². The van der Waals surface area contributed by atoms with Gasteiger partial charge in [-0.25, -0.2) is 0 Å². The second-order valence-corrected chi connectivity index (χ2v) is 4.04. The summed E-state index contributed by atoms with van der Waals surface area (Å²) < 4.78 is 5.76. The fourth-order valence-corrected chi connectivity index (χ4v) is 1.63. The highest BCUT2D eigenvalue weighted by Crippen LogP contribution is 2.15. The maximum absolute atomic E-state index is 5.76. The van der Waals surface area contributed by atoms with Crippen molar-refractivity contribution in [1.82, 2.24) is 0 Å². The zero-order valence-electron chi connectivity index (χ0n) is 9.91. The second-order valence-electron chi connectivity index (χ2n) is 4.04. The lowest BCUT2D eigenvalue weighted by atomic mass is 10.0. The number of ether oxygens (including phenoxy) is 1. The maximum Gasteiger partial charge on any atom is 0.119 e. The van der Waals surface area contributed by atoms with Gasteiger partial charge in [-0.05, 0) is 24.5 Å². The largest absolute Gasteiger partial charge is 0.493 e. The molecule has 0 saturated heterocycles. The molecule has 1 aromatic rings. The van der Waals surface area contributed by atoms with Gasteiger partial charge in [0.15, 0.2) is 0 Å². The van der Waals surface area contributed by atoms with E-state index in [9.17, 15) is 0 Å². The Morgan fingerprint density at radius 1 is 1.13 bits per heavy atom. The van der Waals surface area contributed by atoms with Crippen LogP contribution in [0.4, 0.5) is 0 Å². The van der Waals surface area contributed by atoms with E-state index in [1.54, 1.807) is 0 Å². The van der Waals surface area contributed by atoms with Crippen molar-refractivity contribution in [3.63, 3.8) is 0 Å². The number of unbranched alkanes of at least 4 members (excludes halogenated alkanes) is 1. The van der Waals surface area contributed by atoms with E-state index in [0.717, 1.165) is 12.4 Å². The van der Waals surface area contributed by atoms with Crippen LogP contribution < -0.4 is 4.74 Å². The first-order chi connectivity index (χ1) is 7.36. The molecule has 1 aromatic carbocycles. The molecule has 15 heavy (non-hydrogen) atoms. The molecular formula is C14H22O. The molecule has 0 amide bonds. The van der Waals surface area contributed by atoms with Gasteiger partial charge in [-0.15, -0.1) is 0 Å². The molecule has 0 N–H and O–H groups in total. The molecule has 0 saturated carbocycles. The van der Waals surface area contributed by atoms with E-state index in [1.165, 1.54) is 25.7 Å². The van der Waals surface area contributed by atoms with Crippen LogP contribution in [0, 0.1) is 5.92 Å². The van der Waals surface area contributed by atoms with Gasteiger partial charge in [0.25, 0.3) is 0 Å². The fourth-order valence-electron chi connectivity index (χ4n) is 1.63. The fraction of sp³-hybridized carbons (Fsp3) is 0.571. The van der Waals surface area contributed by atoms with Crippen LogP contribution in [0.25, 0.3) is 0 Å². The second kappa shape index (κ2) is 7.33. The Kier molecular flexibility index (Phi) is 5.91. The van der Waals surface area contributed by atoms with Gasteiger partial charge in [-0.3, -0.25) is 0 Å². The van der Waals surface area contributed by atoms with Gasteiger partial charge >= 0.3 is 0 Å². The smallest absolute Gasteiger partial charge is 0.119 e. The topological polar surface area (TPSA) is 9.23 Å². The van der Waals surface area contributed by atoms with Crippen LogP contribution >= 0.6 is 0 Å². The Bertz CT molecular complexity index is 243. The first-order valence-corrected chi connectivity index (χ1v) is 6.04. The summed E-state index contributed by atoms with van der Waals surface area (Å²) in [5, 5.41) is 0. The van der Waals surface area contributed by atoms with Crippen LogP contribution in [0.15, 0.2) is 30.3 Å². The molecule has 1 heteroatoms. The molecule has 0 heterocycles. The highest BCUT2D eigenvalue weighted by molar-refractivity contribution is 5.20. The van der Waals surface area contributed by atoms with E-state index in [2.05, 4.69) is 13.8 Å². The summed E-state index contributed by atoms with van der Waals surface area (Å²) in [6.45, 7) is 5.35.